The minimum atomic E-state index is -0.162. The lowest BCUT2D eigenvalue weighted by molar-refractivity contribution is -0.157. The molecule has 2 aliphatic rings. The Morgan fingerprint density at radius 3 is 2.68 bits per heavy atom. The molecule has 0 bridgehead atoms. The summed E-state index contributed by atoms with van der Waals surface area (Å²) in [5.74, 6) is 1.55. The molecule has 0 heterocycles. The highest BCUT2D eigenvalue weighted by atomic mass is 16.5. The van der Waals surface area contributed by atoms with Gasteiger partial charge in [-0.2, -0.15) is 0 Å². The van der Waals surface area contributed by atoms with Gasteiger partial charge in [0.05, 0.1) is 5.92 Å². The van der Waals surface area contributed by atoms with Crippen LogP contribution < -0.4 is 0 Å². The highest BCUT2D eigenvalue weighted by molar-refractivity contribution is 5.78. The van der Waals surface area contributed by atoms with Gasteiger partial charge in [0.15, 0.2) is 0 Å². The maximum atomic E-state index is 12.2. The Labute approximate surface area is 116 Å². The third kappa shape index (κ3) is 3.49. The van der Waals surface area contributed by atoms with Crippen LogP contribution in [0.25, 0.3) is 0 Å². The summed E-state index contributed by atoms with van der Waals surface area (Å²) in [7, 11) is 0. The van der Waals surface area contributed by atoms with Gasteiger partial charge in [-0.05, 0) is 37.5 Å². The van der Waals surface area contributed by atoms with E-state index in [1.54, 1.807) is 0 Å². The van der Waals surface area contributed by atoms with Gasteiger partial charge in [0, 0.05) is 0 Å². The summed E-state index contributed by atoms with van der Waals surface area (Å²) in [5, 5.41) is 0. The minimum absolute atomic E-state index is 0.0714. The molecule has 1 saturated carbocycles. The van der Waals surface area contributed by atoms with Crippen molar-refractivity contribution in [3.05, 3.63) is 23.8 Å². The summed E-state index contributed by atoms with van der Waals surface area (Å²) in [6, 6.07) is 0. The van der Waals surface area contributed by atoms with Gasteiger partial charge in [-0.25, -0.2) is 0 Å². The summed E-state index contributed by atoms with van der Waals surface area (Å²) < 4.78 is 5.83. The number of hydrogen-bond acceptors (Lipinski definition) is 2. The lowest BCUT2D eigenvalue weighted by Crippen LogP contribution is -2.36. The molecule has 2 nitrogen and oxygen atoms in total. The molecule has 2 aliphatic carbocycles. The van der Waals surface area contributed by atoms with E-state index in [-0.39, 0.29) is 18.0 Å². The van der Waals surface area contributed by atoms with Crippen molar-refractivity contribution in [2.75, 3.05) is 0 Å². The third-order valence-corrected chi connectivity index (χ3v) is 4.51. The quantitative estimate of drug-likeness (QED) is 0.715. The van der Waals surface area contributed by atoms with E-state index < -0.39 is 0 Å². The Bertz CT molecular complexity index is 392. The molecule has 19 heavy (non-hydrogen) atoms. The number of allylic oxidation sites excluding steroid dienone is 2. The average Bonchev–Trinajstić information content (AvgIpc) is 2.75. The Morgan fingerprint density at radius 1 is 1.37 bits per heavy atom. The second kappa shape index (κ2) is 5.94. The summed E-state index contributed by atoms with van der Waals surface area (Å²) in [6.07, 6.45) is 9.50. The SMILES string of the molecule is CC1=CC(C(=O)O[C@H]2C[C@@H](C)CC[C@@H]2C(C)C)C=C1. The van der Waals surface area contributed by atoms with Crippen molar-refractivity contribution in [1.29, 1.82) is 0 Å². The molecule has 0 spiro atoms. The maximum absolute atomic E-state index is 12.2. The Balaban J connectivity index is 1.99. The predicted molar refractivity (Wildman–Crippen MR) is 77.6 cm³/mol. The van der Waals surface area contributed by atoms with Crippen LogP contribution in [0.2, 0.25) is 0 Å². The Morgan fingerprint density at radius 2 is 2.11 bits per heavy atom. The van der Waals surface area contributed by atoms with E-state index in [0.717, 1.165) is 12.0 Å². The molecule has 0 aromatic rings. The smallest absolute Gasteiger partial charge is 0.316 e. The normalized spacial score (nSPS) is 34.5. The highest BCUT2D eigenvalue weighted by Crippen LogP contribution is 2.36. The van der Waals surface area contributed by atoms with E-state index in [1.807, 2.05) is 25.2 Å². The molecule has 0 amide bonds. The number of rotatable bonds is 3. The van der Waals surface area contributed by atoms with Gasteiger partial charge in [0.25, 0.3) is 0 Å². The molecular formula is C17H26O2. The van der Waals surface area contributed by atoms with Gasteiger partial charge in [0.1, 0.15) is 6.10 Å². The largest absolute Gasteiger partial charge is 0.461 e. The molecule has 0 aromatic heterocycles. The average molecular weight is 262 g/mol. The molecule has 1 unspecified atom stereocenters. The zero-order valence-electron chi connectivity index (χ0n) is 12.6. The lowest BCUT2D eigenvalue weighted by Gasteiger charge is -2.37. The standard InChI is InChI=1S/C17H26O2/c1-11(2)15-8-6-13(4)10-16(15)19-17(18)14-7-5-12(3)9-14/h5,7,9,11,13-16H,6,8,10H2,1-4H3/t13-,14?,15+,16-/m0/s1. The Kier molecular flexibility index (Phi) is 4.49. The first-order chi connectivity index (χ1) is 8.97. The minimum Gasteiger partial charge on any atom is -0.461 e. The molecule has 4 atom stereocenters. The van der Waals surface area contributed by atoms with Crippen molar-refractivity contribution < 1.29 is 9.53 Å². The lowest BCUT2D eigenvalue weighted by atomic mass is 9.75. The molecule has 0 aliphatic heterocycles. The molecular weight excluding hydrogens is 236 g/mol. The van der Waals surface area contributed by atoms with Crippen molar-refractivity contribution in [2.45, 2.75) is 53.1 Å². The molecule has 2 heteroatoms. The van der Waals surface area contributed by atoms with E-state index in [9.17, 15) is 4.79 Å². The predicted octanol–water partition coefficient (Wildman–Crippen LogP) is 4.12. The van der Waals surface area contributed by atoms with Crippen LogP contribution in [0.1, 0.15) is 47.0 Å². The number of carbonyl (C=O) groups is 1. The van der Waals surface area contributed by atoms with E-state index >= 15 is 0 Å². The first kappa shape index (κ1) is 14.4. The van der Waals surface area contributed by atoms with Crippen LogP contribution >= 0.6 is 0 Å². The third-order valence-electron chi connectivity index (χ3n) is 4.51. The van der Waals surface area contributed by atoms with E-state index in [0.29, 0.717) is 17.8 Å². The van der Waals surface area contributed by atoms with Crippen molar-refractivity contribution in [1.82, 2.24) is 0 Å². The van der Waals surface area contributed by atoms with Gasteiger partial charge in [0.2, 0.25) is 0 Å². The molecule has 0 N–H and O–H groups in total. The molecule has 0 saturated heterocycles. The van der Waals surface area contributed by atoms with Gasteiger partial charge >= 0.3 is 5.97 Å². The van der Waals surface area contributed by atoms with Crippen molar-refractivity contribution >= 4 is 5.97 Å². The molecule has 2 rings (SSSR count). The summed E-state index contributed by atoms with van der Waals surface area (Å²) in [6.45, 7) is 8.75. The van der Waals surface area contributed by atoms with E-state index in [4.69, 9.17) is 4.74 Å². The van der Waals surface area contributed by atoms with Gasteiger partial charge in [-0.3, -0.25) is 4.79 Å². The maximum Gasteiger partial charge on any atom is 0.316 e. The summed E-state index contributed by atoms with van der Waals surface area (Å²) in [5.41, 5.74) is 1.15. The molecule has 106 valence electrons. The van der Waals surface area contributed by atoms with Crippen LogP contribution in [0.3, 0.4) is 0 Å². The van der Waals surface area contributed by atoms with E-state index in [2.05, 4.69) is 20.8 Å². The first-order valence-corrected chi connectivity index (χ1v) is 7.54. The molecule has 1 fully saturated rings. The second-order valence-electron chi connectivity index (χ2n) is 6.60. The van der Waals surface area contributed by atoms with Crippen LogP contribution in [0.15, 0.2) is 23.8 Å². The molecule has 0 radical (unpaired) electrons. The van der Waals surface area contributed by atoms with E-state index in [1.165, 1.54) is 12.8 Å². The fourth-order valence-corrected chi connectivity index (χ4v) is 3.27. The topological polar surface area (TPSA) is 26.3 Å². The van der Waals surface area contributed by atoms with Gasteiger partial charge in [-0.1, -0.05) is 51.0 Å². The fraction of sp³-hybridized carbons (Fsp3) is 0.706. The van der Waals surface area contributed by atoms with Crippen molar-refractivity contribution in [3.63, 3.8) is 0 Å². The van der Waals surface area contributed by atoms with Crippen LogP contribution in [-0.2, 0) is 9.53 Å². The summed E-state index contributed by atoms with van der Waals surface area (Å²) in [4.78, 5) is 12.2. The monoisotopic (exact) mass is 262 g/mol. The zero-order valence-corrected chi connectivity index (χ0v) is 12.6. The molecule has 0 aromatic carbocycles. The zero-order chi connectivity index (χ0) is 14.0. The van der Waals surface area contributed by atoms with Crippen LogP contribution in [0, 0.1) is 23.7 Å². The first-order valence-electron chi connectivity index (χ1n) is 7.54. The van der Waals surface area contributed by atoms with Crippen molar-refractivity contribution in [2.24, 2.45) is 23.7 Å². The van der Waals surface area contributed by atoms with Crippen LogP contribution in [-0.4, -0.2) is 12.1 Å². The number of carbonyl (C=O) groups excluding carboxylic acids is 1. The number of ether oxygens (including phenoxy) is 1. The van der Waals surface area contributed by atoms with Gasteiger partial charge in [-0.15, -0.1) is 0 Å². The van der Waals surface area contributed by atoms with Crippen molar-refractivity contribution in [3.8, 4) is 0 Å². The van der Waals surface area contributed by atoms with Gasteiger partial charge < -0.3 is 4.74 Å². The van der Waals surface area contributed by atoms with Crippen LogP contribution in [0.4, 0.5) is 0 Å². The number of hydrogen-bond donors (Lipinski definition) is 0. The second-order valence-corrected chi connectivity index (χ2v) is 6.60. The fourth-order valence-electron chi connectivity index (χ4n) is 3.27. The highest BCUT2D eigenvalue weighted by Gasteiger charge is 2.34. The Hall–Kier alpha value is -1.05. The number of esters is 1. The summed E-state index contributed by atoms with van der Waals surface area (Å²) >= 11 is 0. The van der Waals surface area contributed by atoms with Crippen LogP contribution in [0.5, 0.6) is 0 Å².